The third-order valence-electron chi connectivity index (χ3n) is 6.65. The molecule has 0 spiro atoms. The van der Waals surface area contributed by atoms with Crippen molar-refractivity contribution in [1.29, 1.82) is 10.8 Å². The minimum absolute atomic E-state index is 0.124. The molecule has 178 valence electrons. The van der Waals surface area contributed by atoms with Crippen LogP contribution in [0.4, 0.5) is 0 Å². The third-order valence-corrected chi connectivity index (χ3v) is 6.65. The van der Waals surface area contributed by atoms with Gasteiger partial charge in [0.05, 0.1) is 11.9 Å². The number of guanidine groups is 2. The van der Waals surface area contributed by atoms with Gasteiger partial charge in [-0.05, 0) is 47.2 Å². The van der Waals surface area contributed by atoms with Crippen molar-refractivity contribution in [3.8, 4) is 16.9 Å². The first-order chi connectivity index (χ1) is 17.0. The van der Waals surface area contributed by atoms with E-state index in [4.69, 9.17) is 22.3 Å². The van der Waals surface area contributed by atoms with E-state index in [0.717, 1.165) is 42.9 Å². The number of aromatic nitrogens is 3. The number of nitrogens with two attached hydrogens (primary N) is 2. The maximum Gasteiger partial charge on any atom is 0.188 e. The van der Waals surface area contributed by atoms with Crippen molar-refractivity contribution in [3.63, 3.8) is 0 Å². The highest BCUT2D eigenvalue weighted by atomic mass is 15.4. The molecule has 2 aromatic carbocycles. The maximum absolute atomic E-state index is 7.57. The molecule has 9 heteroatoms. The fourth-order valence-electron chi connectivity index (χ4n) is 4.51. The van der Waals surface area contributed by atoms with Gasteiger partial charge in [0, 0.05) is 31.7 Å². The van der Waals surface area contributed by atoms with Gasteiger partial charge in [-0.15, -0.1) is 5.10 Å². The quantitative estimate of drug-likeness (QED) is 0.344. The molecule has 0 unspecified atom stereocenters. The van der Waals surface area contributed by atoms with Gasteiger partial charge in [0.2, 0.25) is 0 Å². The predicted molar refractivity (Wildman–Crippen MR) is 139 cm³/mol. The summed E-state index contributed by atoms with van der Waals surface area (Å²) in [5.41, 5.74) is 18.9. The second kappa shape index (κ2) is 9.46. The van der Waals surface area contributed by atoms with Gasteiger partial charge in [-0.25, -0.2) is 4.68 Å². The van der Waals surface area contributed by atoms with E-state index in [0.29, 0.717) is 13.1 Å². The SMILES string of the molecule is N=C(N)N1CC=C(c2ccc(-c3cn(-c4ccc(C5=CCN(C(=N)N)CC5)cc4)nn3)cc2)CC1. The van der Waals surface area contributed by atoms with Gasteiger partial charge in [0.1, 0.15) is 5.69 Å². The van der Waals surface area contributed by atoms with Crippen molar-refractivity contribution in [2.75, 3.05) is 26.2 Å². The number of nitrogens with one attached hydrogen (secondary N) is 2. The third kappa shape index (κ3) is 4.79. The van der Waals surface area contributed by atoms with Gasteiger partial charge in [0.25, 0.3) is 0 Å². The minimum Gasteiger partial charge on any atom is -0.370 e. The van der Waals surface area contributed by atoms with E-state index in [1.54, 1.807) is 4.68 Å². The Morgan fingerprint density at radius 2 is 1.20 bits per heavy atom. The first-order valence-corrected chi connectivity index (χ1v) is 11.7. The summed E-state index contributed by atoms with van der Waals surface area (Å²) in [6.07, 6.45) is 7.97. The van der Waals surface area contributed by atoms with Crippen molar-refractivity contribution in [2.24, 2.45) is 11.5 Å². The highest BCUT2D eigenvalue weighted by molar-refractivity contribution is 5.78. The van der Waals surface area contributed by atoms with Crippen molar-refractivity contribution in [1.82, 2.24) is 24.8 Å². The lowest BCUT2D eigenvalue weighted by Crippen LogP contribution is -2.39. The van der Waals surface area contributed by atoms with E-state index in [9.17, 15) is 0 Å². The molecule has 0 amide bonds. The highest BCUT2D eigenvalue weighted by Crippen LogP contribution is 2.26. The summed E-state index contributed by atoms with van der Waals surface area (Å²) < 4.78 is 1.79. The van der Waals surface area contributed by atoms with Crippen LogP contribution in [0.5, 0.6) is 0 Å². The summed E-state index contributed by atoms with van der Waals surface area (Å²) in [4.78, 5) is 3.71. The maximum atomic E-state index is 7.57. The molecule has 5 rings (SSSR count). The largest absolute Gasteiger partial charge is 0.370 e. The lowest BCUT2D eigenvalue weighted by molar-refractivity contribution is 0.451. The molecular formula is C26H29N9. The summed E-state index contributed by atoms with van der Waals surface area (Å²) in [6, 6.07) is 16.7. The van der Waals surface area contributed by atoms with Crippen LogP contribution in [-0.4, -0.2) is 62.9 Å². The zero-order chi connectivity index (χ0) is 24.4. The number of hydrogen-bond donors (Lipinski definition) is 4. The Morgan fingerprint density at radius 1 is 0.714 bits per heavy atom. The molecule has 1 aromatic heterocycles. The molecule has 3 aromatic rings. The summed E-state index contributed by atoms with van der Waals surface area (Å²) >= 11 is 0. The molecule has 35 heavy (non-hydrogen) atoms. The molecular weight excluding hydrogens is 438 g/mol. The second-order valence-electron chi connectivity index (χ2n) is 8.79. The second-order valence-corrected chi connectivity index (χ2v) is 8.79. The fraction of sp³-hybridized carbons (Fsp3) is 0.231. The molecule has 2 aliphatic rings. The van der Waals surface area contributed by atoms with Gasteiger partial charge < -0.3 is 21.3 Å². The Balaban J connectivity index is 1.26. The van der Waals surface area contributed by atoms with E-state index in [-0.39, 0.29) is 11.9 Å². The van der Waals surface area contributed by atoms with E-state index < -0.39 is 0 Å². The lowest BCUT2D eigenvalue weighted by atomic mass is 9.98. The molecule has 0 radical (unpaired) electrons. The number of nitrogens with zero attached hydrogens (tertiary/aromatic N) is 5. The van der Waals surface area contributed by atoms with Crippen molar-refractivity contribution in [2.45, 2.75) is 12.8 Å². The Labute approximate surface area is 204 Å². The van der Waals surface area contributed by atoms with Gasteiger partial charge >= 0.3 is 0 Å². The Bertz CT molecular complexity index is 1200. The van der Waals surface area contributed by atoms with Crippen LogP contribution in [0.2, 0.25) is 0 Å². The van der Waals surface area contributed by atoms with Gasteiger partial charge in [-0.2, -0.15) is 0 Å². The lowest BCUT2D eigenvalue weighted by Gasteiger charge is -2.26. The summed E-state index contributed by atoms with van der Waals surface area (Å²) in [7, 11) is 0. The molecule has 0 fully saturated rings. The molecule has 0 saturated heterocycles. The van der Waals surface area contributed by atoms with E-state index in [1.165, 1.54) is 22.3 Å². The zero-order valence-corrected chi connectivity index (χ0v) is 19.5. The summed E-state index contributed by atoms with van der Waals surface area (Å²) in [6.45, 7) is 2.88. The molecule has 0 saturated carbocycles. The molecule has 9 nitrogen and oxygen atoms in total. The standard InChI is InChI=1S/C26H29N9/c27-25(28)33-13-9-20(10-14-33)18-1-3-22(4-2-18)24-17-35(32-31-24)23-7-5-19(6-8-23)21-11-15-34(16-12-21)26(29)30/h1-9,11,17H,10,12-16H2,(H3,27,28)(H3,29,30). The number of benzene rings is 2. The smallest absolute Gasteiger partial charge is 0.188 e. The molecule has 0 aliphatic carbocycles. The fourth-order valence-corrected chi connectivity index (χ4v) is 4.51. The van der Waals surface area contributed by atoms with Crippen LogP contribution in [0.25, 0.3) is 28.1 Å². The van der Waals surface area contributed by atoms with Gasteiger partial charge in [0.15, 0.2) is 11.9 Å². The monoisotopic (exact) mass is 467 g/mol. The minimum atomic E-state index is 0.124. The Morgan fingerprint density at radius 3 is 1.66 bits per heavy atom. The molecule has 2 aliphatic heterocycles. The topological polar surface area (TPSA) is 137 Å². The number of rotatable bonds is 4. The Kier molecular flexibility index (Phi) is 6.05. The average molecular weight is 468 g/mol. The molecule has 6 N–H and O–H groups in total. The van der Waals surface area contributed by atoms with Crippen LogP contribution in [-0.2, 0) is 0 Å². The summed E-state index contributed by atoms with van der Waals surface area (Å²) in [5.74, 6) is 0.250. The van der Waals surface area contributed by atoms with Crippen LogP contribution in [0.3, 0.4) is 0 Å². The molecule has 0 atom stereocenters. The van der Waals surface area contributed by atoms with Crippen LogP contribution in [0.15, 0.2) is 66.9 Å². The Hall–Kier alpha value is -4.40. The van der Waals surface area contributed by atoms with Crippen LogP contribution >= 0.6 is 0 Å². The van der Waals surface area contributed by atoms with Gasteiger partial charge in [-0.1, -0.05) is 53.8 Å². The summed E-state index contributed by atoms with van der Waals surface area (Å²) in [5, 5.41) is 23.8. The normalized spacial score (nSPS) is 16.0. The molecule has 3 heterocycles. The first-order valence-electron chi connectivity index (χ1n) is 11.7. The predicted octanol–water partition coefficient (Wildman–Crippen LogP) is 2.90. The average Bonchev–Trinajstić information content (AvgIpc) is 3.39. The molecule has 0 bridgehead atoms. The van der Waals surface area contributed by atoms with Crippen LogP contribution in [0.1, 0.15) is 24.0 Å². The first kappa shape index (κ1) is 22.4. The number of hydrogen-bond acceptors (Lipinski definition) is 4. The van der Waals surface area contributed by atoms with Crippen LogP contribution < -0.4 is 11.5 Å². The van der Waals surface area contributed by atoms with Gasteiger partial charge in [-0.3, -0.25) is 10.8 Å². The van der Waals surface area contributed by atoms with Crippen molar-refractivity contribution < 1.29 is 0 Å². The van der Waals surface area contributed by atoms with E-state index in [2.05, 4.69) is 71.0 Å². The highest BCUT2D eigenvalue weighted by Gasteiger charge is 2.15. The van der Waals surface area contributed by atoms with E-state index in [1.807, 2.05) is 16.0 Å². The zero-order valence-electron chi connectivity index (χ0n) is 19.5. The van der Waals surface area contributed by atoms with E-state index >= 15 is 0 Å². The van der Waals surface area contributed by atoms with Crippen LogP contribution in [0, 0.1) is 10.8 Å². The van der Waals surface area contributed by atoms with Crippen molar-refractivity contribution >= 4 is 23.1 Å². The van der Waals surface area contributed by atoms with Crippen molar-refractivity contribution in [3.05, 3.63) is 78.0 Å².